The standard InChI is InChI=1S/C21H21FN2O6/c22-16-13-15(11-12-17(16)25)18(9-5-2-6-10-19(26)24-29)30-21(28)23-20(27)14-7-3-1-4-8-14/h1,3-4,6-8,10-13,18,25,29H,2,5,9H2,(H,24,26)(H,23,27,28)/b10-6+/t18-/m0/s1. The molecule has 4 N–H and O–H groups in total. The van der Waals surface area contributed by atoms with Gasteiger partial charge >= 0.3 is 6.09 Å². The lowest BCUT2D eigenvalue weighted by Gasteiger charge is -2.18. The number of rotatable bonds is 8. The predicted molar refractivity (Wildman–Crippen MR) is 104 cm³/mol. The molecule has 0 spiro atoms. The molecule has 2 aromatic rings. The lowest BCUT2D eigenvalue weighted by molar-refractivity contribution is -0.124. The Morgan fingerprint density at radius 1 is 1.13 bits per heavy atom. The van der Waals surface area contributed by atoms with Gasteiger partial charge in [0.25, 0.3) is 11.8 Å². The van der Waals surface area contributed by atoms with Crippen molar-refractivity contribution in [1.29, 1.82) is 0 Å². The molecule has 0 aliphatic carbocycles. The number of hydrogen-bond acceptors (Lipinski definition) is 6. The molecular formula is C21H21FN2O6. The summed E-state index contributed by atoms with van der Waals surface area (Å²) in [4.78, 5) is 35.2. The van der Waals surface area contributed by atoms with Crippen LogP contribution < -0.4 is 10.8 Å². The van der Waals surface area contributed by atoms with Crippen LogP contribution in [0.1, 0.15) is 41.3 Å². The number of allylic oxidation sites excluding steroid dienone is 1. The number of phenols is 1. The van der Waals surface area contributed by atoms with Crippen LogP contribution in [-0.2, 0) is 9.53 Å². The van der Waals surface area contributed by atoms with Crippen LogP contribution in [-0.4, -0.2) is 28.2 Å². The minimum atomic E-state index is -1.00. The molecule has 0 heterocycles. The molecule has 0 radical (unpaired) electrons. The molecule has 0 bridgehead atoms. The third-order valence-corrected chi connectivity index (χ3v) is 4.06. The summed E-state index contributed by atoms with van der Waals surface area (Å²) in [5.41, 5.74) is 2.03. The monoisotopic (exact) mass is 416 g/mol. The number of unbranched alkanes of at least 4 members (excludes halogenated alkanes) is 1. The van der Waals surface area contributed by atoms with Crippen molar-refractivity contribution in [3.05, 3.63) is 77.6 Å². The van der Waals surface area contributed by atoms with E-state index < -0.39 is 35.6 Å². The van der Waals surface area contributed by atoms with Gasteiger partial charge in [-0.3, -0.25) is 20.1 Å². The maximum absolute atomic E-state index is 13.7. The van der Waals surface area contributed by atoms with Crippen molar-refractivity contribution in [3.8, 4) is 5.75 Å². The van der Waals surface area contributed by atoms with Gasteiger partial charge in [0, 0.05) is 11.6 Å². The molecule has 30 heavy (non-hydrogen) atoms. The van der Waals surface area contributed by atoms with Crippen molar-refractivity contribution in [1.82, 2.24) is 10.8 Å². The van der Waals surface area contributed by atoms with Gasteiger partial charge in [-0.25, -0.2) is 14.7 Å². The van der Waals surface area contributed by atoms with Crippen molar-refractivity contribution < 1.29 is 33.8 Å². The summed E-state index contributed by atoms with van der Waals surface area (Å²) in [6.07, 6.45) is 1.87. The second kappa shape index (κ2) is 11.3. The molecule has 1 atom stereocenters. The number of carbonyl (C=O) groups excluding carboxylic acids is 3. The molecule has 2 rings (SSSR count). The van der Waals surface area contributed by atoms with Gasteiger partial charge in [0.05, 0.1) is 0 Å². The Labute approximate surface area is 171 Å². The molecule has 0 unspecified atom stereocenters. The van der Waals surface area contributed by atoms with Crippen LogP contribution in [0.15, 0.2) is 60.7 Å². The minimum Gasteiger partial charge on any atom is -0.505 e. The number of nitrogens with one attached hydrogen (secondary N) is 2. The average Bonchev–Trinajstić information content (AvgIpc) is 2.75. The number of hydroxylamine groups is 1. The number of imide groups is 1. The fourth-order valence-corrected chi connectivity index (χ4v) is 2.58. The molecule has 0 aromatic heterocycles. The number of hydrogen-bond donors (Lipinski definition) is 4. The highest BCUT2D eigenvalue weighted by Gasteiger charge is 2.20. The van der Waals surface area contributed by atoms with Gasteiger partial charge in [0.1, 0.15) is 6.10 Å². The van der Waals surface area contributed by atoms with Gasteiger partial charge in [0.15, 0.2) is 11.6 Å². The van der Waals surface area contributed by atoms with E-state index in [1.54, 1.807) is 18.2 Å². The third kappa shape index (κ3) is 7.02. The molecule has 0 saturated heterocycles. The number of aromatic hydroxyl groups is 1. The molecule has 158 valence electrons. The van der Waals surface area contributed by atoms with E-state index in [0.717, 1.165) is 18.2 Å². The summed E-state index contributed by atoms with van der Waals surface area (Å²) in [5, 5.41) is 19.9. The molecule has 2 aromatic carbocycles. The van der Waals surface area contributed by atoms with Crippen molar-refractivity contribution in [2.24, 2.45) is 0 Å². The van der Waals surface area contributed by atoms with Gasteiger partial charge < -0.3 is 9.84 Å². The summed E-state index contributed by atoms with van der Waals surface area (Å²) in [6.45, 7) is 0. The summed E-state index contributed by atoms with van der Waals surface area (Å²) in [6, 6.07) is 11.7. The van der Waals surface area contributed by atoms with Gasteiger partial charge in [-0.05, 0) is 49.1 Å². The van der Waals surface area contributed by atoms with E-state index in [9.17, 15) is 23.9 Å². The van der Waals surface area contributed by atoms with Gasteiger partial charge in [-0.15, -0.1) is 0 Å². The van der Waals surface area contributed by atoms with E-state index in [1.807, 2.05) is 0 Å². The number of halogens is 1. The summed E-state index contributed by atoms with van der Waals surface area (Å²) < 4.78 is 19.0. The number of benzene rings is 2. The lowest BCUT2D eigenvalue weighted by atomic mass is 10.0. The van der Waals surface area contributed by atoms with Crippen LogP contribution in [0.4, 0.5) is 9.18 Å². The Morgan fingerprint density at radius 2 is 1.87 bits per heavy atom. The van der Waals surface area contributed by atoms with E-state index in [4.69, 9.17) is 9.94 Å². The molecular weight excluding hydrogens is 395 g/mol. The van der Waals surface area contributed by atoms with Gasteiger partial charge in [-0.2, -0.15) is 0 Å². The Morgan fingerprint density at radius 3 is 2.53 bits per heavy atom. The third-order valence-electron chi connectivity index (χ3n) is 4.06. The predicted octanol–water partition coefficient (Wildman–Crippen LogP) is 3.37. The highest BCUT2D eigenvalue weighted by Crippen LogP contribution is 2.27. The van der Waals surface area contributed by atoms with Crippen LogP contribution in [0.2, 0.25) is 0 Å². The van der Waals surface area contributed by atoms with E-state index in [-0.39, 0.29) is 12.0 Å². The number of amides is 3. The molecule has 0 fully saturated rings. The number of phenolic OH excluding ortho intramolecular Hbond substituents is 1. The molecule has 0 aliphatic heterocycles. The van der Waals surface area contributed by atoms with Gasteiger partial charge in [0.2, 0.25) is 0 Å². The molecule has 9 heteroatoms. The second-order valence-corrected chi connectivity index (χ2v) is 6.23. The lowest BCUT2D eigenvalue weighted by Crippen LogP contribution is -2.32. The zero-order chi connectivity index (χ0) is 21.9. The number of ether oxygens (including phenoxy) is 1. The molecule has 0 saturated carbocycles. The summed E-state index contributed by atoms with van der Waals surface area (Å²) >= 11 is 0. The summed E-state index contributed by atoms with van der Waals surface area (Å²) in [7, 11) is 0. The van der Waals surface area contributed by atoms with Crippen molar-refractivity contribution in [2.45, 2.75) is 25.4 Å². The van der Waals surface area contributed by atoms with Crippen LogP contribution >= 0.6 is 0 Å². The fraction of sp³-hybridized carbons (Fsp3) is 0.190. The van der Waals surface area contributed by atoms with Crippen LogP contribution in [0.3, 0.4) is 0 Å². The van der Waals surface area contributed by atoms with Gasteiger partial charge in [-0.1, -0.05) is 30.3 Å². The first-order valence-electron chi connectivity index (χ1n) is 9.06. The maximum atomic E-state index is 13.7. The Kier molecular flexibility index (Phi) is 8.52. The van der Waals surface area contributed by atoms with E-state index in [1.165, 1.54) is 29.8 Å². The van der Waals surface area contributed by atoms with E-state index in [2.05, 4.69) is 5.32 Å². The highest BCUT2D eigenvalue weighted by atomic mass is 19.1. The first-order chi connectivity index (χ1) is 14.4. The van der Waals surface area contributed by atoms with Crippen LogP contribution in [0.5, 0.6) is 5.75 Å². The molecule has 8 nitrogen and oxygen atoms in total. The van der Waals surface area contributed by atoms with E-state index in [0.29, 0.717) is 18.4 Å². The number of alkyl carbamates (subject to hydrolysis) is 1. The van der Waals surface area contributed by atoms with E-state index >= 15 is 0 Å². The Balaban J connectivity index is 2.03. The Bertz CT molecular complexity index is 917. The zero-order valence-electron chi connectivity index (χ0n) is 15.9. The quantitative estimate of drug-likeness (QED) is 0.226. The van der Waals surface area contributed by atoms with Crippen molar-refractivity contribution in [3.63, 3.8) is 0 Å². The van der Waals surface area contributed by atoms with Crippen molar-refractivity contribution >= 4 is 17.9 Å². The largest absolute Gasteiger partial charge is 0.505 e. The second-order valence-electron chi connectivity index (χ2n) is 6.23. The zero-order valence-corrected chi connectivity index (χ0v) is 15.9. The normalized spacial score (nSPS) is 11.7. The van der Waals surface area contributed by atoms with Crippen LogP contribution in [0, 0.1) is 5.82 Å². The fourth-order valence-electron chi connectivity index (χ4n) is 2.58. The average molecular weight is 416 g/mol. The molecule has 3 amide bonds. The van der Waals surface area contributed by atoms with Crippen LogP contribution in [0.25, 0.3) is 0 Å². The maximum Gasteiger partial charge on any atom is 0.414 e. The highest BCUT2D eigenvalue weighted by molar-refractivity contribution is 6.02. The summed E-state index contributed by atoms with van der Waals surface area (Å²) in [5.74, 6) is -2.74. The first-order valence-corrected chi connectivity index (χ1v) is 9.06. The van der Waals surface area contributed by atoms with Crippen molar-refractivity contribution in [2.75, 3.05) is 0 Å². The molecule has 0 aliphatic rings. The topological polar surface area (TPSA) is 125 Å². The smallest absolute Gasteiger partial charge is 0.414 e. The number of carbonyl (C=O) groups is 3. The SMILES string of the molecule is O=C(/C=C/CCC[C@H](OC(=O)NC(=O)c1ccccc1)c1ccc(O)c(F)c1)NO. The Hall–Kier alpha value is -3.72. The first kappa shape index (κ1) is 22.6. The minimum absolute atomic E-state index is 0.252.